The Morgan fingerprint density at radius 2 is 1.95 bits per heavy atom. The summed E-state index contributed by atoms with van der Waals surface area (Å²) in [6, 6.07) is 6.77. The summed E-state index contributed by atoms with van der Waals surface area (Å²) in [7, 11) is 1.52. The highest BCUT2D eigenvalue weighted by Gasteiger charge is 2.35. The number of ether oxygens (including phenoxy) is 1. The molecule has 5 nitrogen and oxygen atoms in total. The third-order valence-corrected chi connectivity index (χ3v) is 3.32. The highest BCUT2D eigenvalue weighted by atomic mass is 32.1. The van der Waals surface area contributed by atoms with E-state index in [1.54, 1.807) is 24.3 Å². The summed E-state index contributed by atoms with van der Waals surface area (Å²) in [5, 5.41) is 7.28. The van der Waals surface area contributed by atoms with Crippen molar-refractivity contribution >= 4 is 22.4 Å². The Kier molecular flexibility index (Phi) is 4.41. The van der Waals surface area contributed by atoms with Crippen LogP contribution in [0.2, 0.25) is 0 Å². The zero-order chi connectivity index (χ0) is 15.5. The van der Waals surface area contributed by atoms with Crippen LogP contribution in [0.5, 0.6) is 5.75 Å². The van der Waals surface area contributed by atoms with Gasteiger partial charge in [-0.2, -0.15) is 13.2 Å². The Hall–Kier alpha value is -2.16. The zero-order valence-electron chi connectivity index (χ0n) is 10.8. The standard InChI is InChI=1S/C12H10F3N3O2S/c1-20-8-4-2-7(3-5-8)6-9(19)16-11-18-17-10(21-11)12(13,14)15/h2-5H,6H2,1H3,(H,16,18,19). The number of carbonyl (C=O) groups excluding carboxylic acids is 1. The minimum atomic E-state index is -4.56. The lowest BCUT2D eigenvalue weighted by atomic mass is 10.1. The summed E-state index contributed by atoms with van der Waals surface area (Å²) >= 11 is 0.286. The summed E-state index contributed by atoms with van der Waals surface area (Å²) in [4.78, 5) is 11.7. The molecule has 0 fully saturated rings. The van der Waals surface area contributed by atoms with Crippen molar-refractivity contribution in [1.82, 2.24) is 10.2 Å². The molecular formula is C12H10F3N3O2S. The number of benzene rings is 1. The number of anilines is 1. The van der Waals surface area contributed by atoms with E-state index in [0.717, 1.165) is 0 Å². The molecule has 2 rings (SSSR count). The van der Waals surface area contributed by atoms with Crippen LogP contribution in [0.4, 0.5) is 18.3 Å². The van der Waals surface area contributed by atoms with Crippen LogP contribution in [0.15, 0.2) is 24.3 Å². The summed E-state index contributed by atoms with van der Waals surface area (Å²) < 4.78 is 42.0. The summed E-state index contributed by atoms with van der Waals surface area (Å²) in [5.74, 6) is 0.183. The van der Waals surface area contributed by atoms with Gasteiger partial charge in [-0.05, 0) is 17.7 Å². The van der Waals surface area contributed by atoms with Crippen molar-refractivity contribution in [1.29, 1.82) is 0 Å². The maximum atomic E-state index is 12.3. The molecule has 0 aliphatic heterocycles. The van der Waals surface area contributed by atoms with Crippen molar-refractivity contribution in [2.45, 2.75) is 12.6 Å². The largest absolute Gasteiger partial charge is 0.497 e. The highest BCUT2D eigenvalue weighted by molar-refractivity contribution is 7.15. The van der Waals surface area contributed by atoms with Gasteiger partial charge in [0.1, 0.15) is 5.75 Å². The van der Waals surface area contributed by atoms with E-state index < -0.39 is 17.1 Å². The molecule has 1 aromatic heterocycles. The Morgan fingerprint density at radius 3 is 2.48 bits per heavy atom. The smallest absolute Gasteiger partial charge is 0.445 e. The molecule has 1 aromatic carbocycles. The number of methoxy groups -OCH3 is 1. The van der Waals surface area contributed by atoms with Crippen LogP contribution in [0.3, 0.4) is 0 Å². The summed E-state index contributed by atoms with van der Waals surface area (Å²) in [6.45, 7) is 0. The monoisotopic (exact) mass is 317 g/mol. The maximum absolute atomic E-state index is 12.3. The molecule has 0 saturated heterocycles. The second-order valence-corrected chi connectivity index (χ2v) is 4.96. The second-order valence-electron chi connectivity index (χ2n) is 3.98. The molecular weight excluding hydrogens is 307 g/mol. The number of rotatable bonds is 4. The molecule has 0 bridgehead atoms. The number of nitrogens with zero attached hydrogens (tertiary/aromatic N) is 2. The quantitative estimate of drug-likeness (QED) is 0.942. The first kappa shape index (κ1) is 15.2. The van der Waals surface area contributed by atoms with Gasteiger partial charge in [-0.15, -0.1) is 10.2 Å². The van der Waals surface area contributed by atoms with Crippen LogP contribution in [-0.2, 0) is 17.4 Å². The van der Waals surface area contributed by atoms with Crippen LogP contribution in [0.25, 0.3) is 0 Å². The number of alkyl halides is 3. The van der Waals surface area contributed by atoms with E-state index in [9.17, 15) is 18.0 Å². The molecule has 0 aliphatic carbocycles. The second kappa shape index (κ2) is 6.08. The minimum absolute atomic E-state index is 0.0188. The van der Waals surface area contributed by atoms with Crippen LogP contribution in [0, 0.1) is 0 Å². The molecule has 1 amide bonds. The van der Waals surface area contributed by atoms with E-state index in [2.05, 4.69) is 15.5 Å². The van der Waals surface area contributed by atoms with Gasteiger partial charge in [-0.25, -0.2) is 0 Å². The third kappa shape index (κ3) is 4.15. The molecule has 0 aliphatic rings. The topological polar surface area (TPSA) is 64.1 Å². The van der Waals surface area contributed by atoms with Crippen molar-refractivity contribution in [3.8, 4) is 5.75 Å². The van der Waals surface area contributed by atoms with Crippen molar-refractivity contribution in [3.05, 3.63) is 34.8 Å². The van der Waals surface area contributed by atoms with Crippen LogP contribution in [0.1, 0.15) is 10.6 Å². The third-order valence-electron chi connectivity index (χ3n) is 2.44. The first-order valence-electron chi connectivity index (χ1n) is 5.72. The van der Waals surface area contributed by atoms with Gasteiger partial charge in [0.25, 0.3) is 0 Å². The van der Waals surface area contributed by atoms with E-state index in [1.165, 1.54) is 7.11 Å². The molecule has 0 radical (unpaired) electrons. The molecule has 1 N–H and O–H groups in total. The van der Waals surface area contributed by atoms with Crippen LogP contribution >= 0.6 is 11.3 Å². The minimum Gasteiger partial charge on any atom is -0.497 e. The summed E-state index contributed by atoms with van der Waals surface area (Å²) in [6.07, 6.45) is -4.54. The average molecular weight is 317 g/mol. The van der Waals surface area contributed by atoms with Crippen molar-refractivity contribution in [2.75, 3.05) is 12.4 Å². The first-order chi connectivity index (χ1) is 9.88. The lowest BCUT2D eigenvalue weighted by Crippen LogP contribution is -2.14. The Labute approximate surface area is 121 Å². The molecule has 21 heavy (non-hydrogen) atoms. The molecule has 0 unspecified atom stereocenters. The van der Waals surface area contributed by atoms with Gasteiger partial charge >= 0.3 is 6.18 Å². The van der Waals surface area contributed by atoms with Crippen LogP contribution in [-0.4, -0.2) is 23.2 Å². The maximum Gasteiger partial charge on any atom is 0.445 e. The number of hydrogen-bond donors (Lipinski definition) is 1. The normalized spacial score (nSPS) is 11.2. The van der Waals surface area contributed by atoms with Gasteiger partial charge in [0.15, 0.2) is 0 Å². The van der Waals surface area contributed by atoms with Gasteiger partial charge in [-0.3, -0.25) is 4.79 Å². The van der Waals surface area contributed by atoms with Gasteiger partial charge in [0.2, 0.25) is 16.0 Å². The molecule has 0 spiro atoms. The van der Waals surface area contributed by atoms with Gasteiger partial charge in [0, 0.05) is 0 Å². The molecule has 0 saturated carbocycles. The number of amides is 1. The highest BCUT2D eigenvalue weighted by Crippen LogP contribution is 2.32. The van der Waals surface area contributed by atoms with Crippen molar-refractivity contribution < 1.29 is 22.7 Å². The van der Waals surface area contributed by atoms with Crippen molar-refractivity contribution in [2.24, 2.45) is 0 Å². The lowest BCUT2D eigenvalue weighted by Gasteiger charge is -2.03. The zero-order valence-corrected chi connectivity index (χ0v) is 11.6. The number of carbonyl (C=O) groups is 1. The van der Waals surface area contributed by atoms with E-state index >= 15 is 0 Å². The SMILES string of the molecule is COc1ccc(CC(=O)Nc2nnc(C(F)(F)F)s2)cc1. The summed E-state index contributed by atoms with van der Waals surface area (Å²) in [5.41, 5.74) is 0.703. The fourth-order valence-electron chi connectivity index (χ4n) is 1.48. The Bertz CT molecular complexity index is 625. The predicted octanol–water partition coefficient (Wildman–Crippen LogP) is 2.75. The first-order valence-corrected chi connectivity index (χ1v) is 6.53. The number of aromatic nitrogens is 2. The van der Waals surface area contributed by atoms with E-state index in [4.69, 9.17) is 4.74 Å². The Balaban J connectivity index is 1.96. The molecule has 1 heterocycles. The predicted molar refractivity (Wildman–Crippen MR) is 70.2 cm³/mol. The lowest BCUT2D eigenvalue weighted by molar-refractivity contribution is -0.138. The Morgan fingerprint density at radius 1 is 1.29 bits per heavy atom. The van der Waals surface area contributed by atoms with E-state index in [0.29, 0.717) is 11.3 Å². The van der Waals surface area contributed by atoms with Crippen molar-refractivity contribution in [3.63, 3.8) is 0 Å². The fourth-order valence-corrected chi connectivity index (χ4v) is 2.11. The molecule has 2 aromatic rings. The van der Waals surface area contributed by atoms with E-state index in [-0.39, 0.29) is 22.9 Å². The number of nitrogens with one attached hydrogen (secondary N) is 1. The van der Waals surface area contributed by atoms with Gasteiger partial charge in [0.05, 0.1) is 13.5 Å². The molecule has 9 heteroatoms. The number of hydrogen-bond acceptors (Lipinski definition) is 5. The van der Waals surface area contributed by atoms with Gasteiger partial charge in [-0.1, -0.05) is 23.5 Å². The number of halogens is 3. The van der Waals surface area contributed by atoms with Gasteiger partial charge < -0.3 is 10.1 Å². The fraction of sp³-hybridized carbons (Fsp3) is 0.250. The molecule has 112 valence electrons. The average Bonchev–Trinajstić information content (AvgIpc) is 2.88. The van der Waals surface area contributed by atoms with E-state index in [1.807, 2.05) is 0 Å². The molecule has 0 atom stereocenters. The van der Waals surface area contributed by atoms with Crippen LogP contribution < -0.4 is 10.1 Å².